The summed E-state index contributed by atoms with van der Waals surface area (Å²) in [7, 11) is 1.56. The first-order valence-electron chi connectivity index (χ1n) is 13.4. The molecule has 1 N–H and O–H groups in total. The molecule has 2 unspecified atom stereocenters. The van der Waals surface area contributed by atoms with E-state index in [4.69, 9.17) is 14.2 Å². The van der Waals surface area contributed by atoms with Crippen molar-refractivity contribution in [1.29, 1.82) is 0 Å². The van der Waals surface area contributed by atoms with E-state index in [9.17, 15) is 9.59 Å². The Labute approximate surface area is 232 Å². The molecule has 1 saturated heterocycles. The van der Waals surface area contributed by atoms with Crippen molar-refractivity contribution in [2.75, 3.05) is 31.8 Å². The van der Waals surface area contributed by atoms with Gasteiger partial charge in [-0.05, 0) is 61.7 Å². The van der Waals surface area contributed by atoms with Crippen molar-refractivity contribution in [1.82, 2.24) is 20.3 Å². The van der Waals surface area contributed by atoms with E-state index in [0.717, 1.165) is 18.4 Å². The molecule has 208 valence electrons. The van der Waals surface area contributed by atoms with Gasteiger partial charge in [0.1, 0.15) is 29.6 Å². The van der Waals surface area contributed by atoms with Gasteiger partial charge in [0.05, 0.1) is 31.0 Å². The third-order valence-electron chi connectivity index (χ3n) is 6.84. The number of ether oxygens (including phenoxy) is 3. The summed E-state index contributed by atoms with van der Waals surface area (Å²) in [5, 5.41) is 11.4. The highest BCUT2D eigenvalue weighted by molar-refractivity contribution is 6.02. The van der Waals surface area contributed by atoms with Crippen LogP contribution in [0.15, 0.2) is 72.8 Å². The van der Waals surface area contributed by atoms with Gasteiger partial charge in [-0.1, -0.05) is 41.6 Å². The first-order chi connectivity index (χ1) is 19.6. The minimum Gasteiger partial charge on any atom is -0.497 e. The van der Waals surface area contributed by atoms with Gasteiger partial charge in [-0.25, -0.2) is 4.68 Å². The molecule has 0 saturated carbocycles. The van der Waals surface area contributed by atoms with Gasteiger partial charge < -0.3 is 19.5 Å². The van der Waals surface area contributed by atoms with Crippen molar-refractivity contribution in [2.45, 2.75) is 38.5 Å². The standard InChI is InChI=1S/C30H33N5O5/c1-3-39-27-16-7-6-15-26(27)35(28(36)20-34-25-14-5-4-13-24(25)32-33-34)29(21-10-8-11-22(18-21)38-2)30(37)31-19-23-12-9-17-40-23/h4-8,10-11,13-16,18,23,29H,3,9,12,17,19-20H2,1-2H3,(H,31,37). The number of benzene rings is 3. The number of carbonyl (C=O) groups is 2. The Bertz CT molecular complexity index is 1470. The fraction of sp³-hybridized carbons (Fsp3) is 0.333. The molecule has 10 heteroatoms. The Morgan fingerprint density at radius 2 is 1.95 bits per heavy atom. The molecule has 40 heavy (non-hydrogen) atoms. The number of hydrogen-bond donors (Lipinski definition) is 1. The number of carbonyl (C=O) groups excluding carboxylic acids is 2. The van der Waals surface area contributed by atoms with Crippen LogP contribution in [0.25, 0.3) is 11.0 Å². The van der Waals surface area contributed by atoms with Crippen LogP contribution in [-0.4, -0.2) is 59.8 Å². The number of nitrogens with one attached hydrogen (secondary N) is 1. The number of hydrogen-bond acceptors (Lipinski definition) is 7. The van der Waals surface area contributed by atoms with Crippen molar-refractivity contribution < 1.29 is 23.8 Å². The molecule has 1 aliphatic rings. The molecule has 0 spiro atoms. The van der Waals surface area contributed by atoms with Crippen LogP contribution in [0.2, 0.25) is 0 Å². The van der Waals surface area contributed by atoms with E-state index in [2.05, 4.69) is 15.6 Å². The van der Waals surface area contributed by atoms with Crippen molar-refractivity contribution >= 4 is 28.5 Å². The molecule has 0 radical (unpaired) electrons. The molecule has 2 heterocycles. The average molecular weight is 544 g/mol. The van der Waals surface area contributed by atoms with Gasteiger partial charge in [0.15, 0.2) is 0 Å². The number of aromatic nitrogens is 3. The topological polar surface area (TPSA) is 108 Å². The minimum atomic E-state index is -1.03. The van der Waals surface area contributed by atoms with Crippen molar-refractivity contribution in [3.63, 3.8) is 0 Å². The van der Waals surface area contributed by atoms with Gasteiger partial charge >= 0.3 is 0 Å². The fourth-order valence-electron chi connectivity index (χ4n) is 4.94. The van der Waals surface area contributed by atoms with E-state index in [-0.39, 0.29) is 24.5 Å². The van der Waals surface area contributed by atoms with Crippen LogP contribution < -0.4 is 19.7 Å². The minimum absolute atomic E-state index is 0.0590. The number of methoxy groups -OCH3 is 1. The Kier molecular flexibility index (Phi) is 8.56. The van der Waals surface area contributed by atoms with Crippen molar-refractivity contribution in [3.05, 3.63) is 78.4 Å². The van der Waals surface area contributed by atoms with Gasteiger partial charge in [-0.3, -0.25) is 14.5 Å². The predicted molar refractivity (Wildman–Crippen MR) is 150 cm³/mol. The first kappa shape index (κ1) is 27.1. The second-order valence-corrected chi connectivity index (χ2v) is 9.46. The van der Waals surface area contributed by atoms with Crippen LogP contribution in [0, 0.1) is 0 Å². The zero-order valence-electron chi connectivity index (χ0n) is 22.7. The second-order valence-electron chi connectivity index (χ2n) is 9.46. The van der Waals surface area contributed by atoms with E-state index in [1.807, 2.05) is 49.4 Å². The zero-order valence-corrected chi connectivity index (χ0v) is 22.7. The van der Waals surface area contributed by atoms with Crippen molar-refractivity contribution in [2.24, 2.45) is 0 Å². The molecule has 1 fully saturated rings. The van der Waals surface area contributed by atoms with Gasteiger partial charge in [0, 0.05) is 13.2 Å². The maximum atomic E-state index is 14.3. The van der Waals surface area contributed by atoms with Crippen LogP contribution in [0.5, 0.6) is 11.5 Å². The zero-order chi connectivity index (χ0) is 27.9. The quantitative estimate of drug-likeness (QED) is 0.306. The van der Waals surface area contributed by atoms with E-state index in [1.54, 1.807) is 42.1 Å². The number of rotatable bonds is 11. The molecule has 1 aromatic heterocycles. The van der Waals surface area contributed by atoms with Crippen LogP contribution in [0.1, 0.15) is 31.4 Å². The Morgan fingerprint density at radius 1 is 1.12 bits per heavy atom. The molecule has 2 atom stereocenters. The van der Waals surface area contributed by atoms with Gasteiger partial charge in [-0.2, -0.15) is 0 Å². The third-order valence-corrected chi connectivity index (χ3v) is 6.84. The number of nitrogens with zero attached hydrogens (tertiary/aromatic N) is 4. The maximum absolute atomic E-state index is 14.3. The molecule has 0 bridgehead atoms. The molecule has 4 aromatic rings. The average Bonchev–Trinajstić information content (AvgIpc) is 3.66. The first-order valence-corrected chi connectivity index (χ1v) is 13.4. The third kappa shape index (κ3) is 5.91. The maximum Gasteiger partial charge on any atom is 0.249 e. The highest BCUT2D eigenvalue weighted by atomic mass is 16.5. The summed E-state index contributed by atoms with van der Waals surface area (Å²) in [4.78, 5) is 29.8. The largest absolute Gasteiger partial charge is 0.497 e. The fourth-order valence-corrected chi connectivity index (χ4v) is 4.94. The lowest BCUT2D eigenvalue weighted by molar-refractivity contribution is -0.127. The highest BCUT2D eigenvalue weighted by Crippen LogP contribution is 2.36. The van der Waals surface area contributed by atoms with E-state index < -0.39 is 6.04 Å². The Hall–Kier alpha value is -4.44. The summed E-state index contributed by atoms with van der Waals surface area (Å²) in [6, 6.07) is 20.8. The van der Waals surface area contributed by atoms with Crippen LogP contribution in [-0.2, 0) is 20.9 Å². The monoisotopic (exact) mass is 543 g/mol. The number of fused-ring (bicyclic) bond motifs is 1. The molecule has 3 aromatic carbocycles. The normalized spacial score (nSPS) is 15.5. The number of para-hydroxylation sites is 3. The summed E-state index contributed by atoms with van der Waals surface area (Å²) in [6.07, 6.45) is 1.77. The summed E-state index contributed by atoms with van der Waals surface area (Å²) in [5.41, 5.74) is 2.45. The summed E-state index contributed by atoms with van der Waals surface area (Å²) >= 11 is 0. The number of amides is 2. The molecular weight excluding hydrogens is 510 g/mol. The van der Waals surface area contributed by atoms with E-state index in [1.165, 1.54) is 4.90 Å². The smallest absolute Gasteiger partial charge is 0.249 e. The van der Waals surface area contributed by atoms with Crippen molar-refractivity contribution in [3.8, 4) is 11.5 Å². The SMILES string of the molecule is CCOc1ccccc1N(C(=O)Cn1nnc2ccccc21)C(C(=O)NCC1CCCO1)c1cccc(OC)c1. The van der Waals surface area contributed by atoms with E-state index in [0.29, 0.717) is 48.0 Å². The second kappa shape index (κ2) is 12.6. The van der Waals surface area contributed by atoms with Crippen LogP contribution in [0.3, 0.4) is 0 Å². The molecule has 0 aliphatic carbocycles. The number of anilines is 1. The Morgan fingerprint density at radius 3 is 2.75 bits per heavy atom. The van der Waals surface area contributed by atoms with E-state index >= 15 is 0 Å². The molecular formula is C30H33N5O5. The summed E-state index contributed by atoms with van der Waals surface area (Å²) < 4.78 is 18.7. The van der Waals surface area contributed by atoms with Crippen LogP contribution >= 0.6 is 0 Å². The van der Waals surface area contributed by atoms with Gasteiger partial charge in [0.25, 0.3) is 0 Å². The van der Waals surface area contributed by atoms with Crippen LogP contribution in [0.4, 0.5) is 5.69 Å². The molecule has 1 aliphatic heterocycles. The lowest BCUT2D eigenvalue weighted by Gasteiger charge is -2.33. The lowest BCUT2D eigenvalue weighted by atomic mass is 10.0. The highest BCUT2D eigenvalue weighted by Gasteiger charge is 2.35. The molecule has 2 amide bonds. The lowest BCUT2D eigenvalue weighted by Crippen LogP contribution is -2.46. The Balaban J connectivity index is 1.59. The molecule has 5 rings (SSSR count). The summed E-state index contributed by atoms with van der Waals surface area (Å²) in [6.45, 7) is 3.15. The molecule has 10 nitrogen and oxygen atoms in total. The van der Waals surface area contributed by atoms with Gasteiger partial charge in [0.2, 0.25) is 11.8 Å². The summed E-state index contributed by atoms with van der Waals surface area (Å²) in [5.74, 6) is 0.360. The predicted octanol–water partition coefficient (Wildman–Crippen LogP) is 3.91. The van der Waals surface area contributed by atoms with Gasteiger partial charge in [-0.15, -0.1) is 5.10 Å².